The lowest BCUT2D eigenvalue weighted by atomic mass is 10.0. The molecule has 1 aromatic rings. The quantitative estimate of drug-likeness (QED) is 0.902. The van der Waals surface area contributed by atoms with E-state index < -0.39 is 35.6 Å². The zero-order valence-corrected chi connectivity index (χ0v) is 11.0. The maximum absolute atomic E-state index is 12.6. The molecule has 1 saturated carbocycles. The number of halogens is 3. The molecule has 1 amide bonds. The van der Waals surface area contributed by atoms with E-state index in [9.17, 15) is 22.8 Å². The monoisotopic (exact) mass is 301 g/mol. The number of carbonyl (C=O) groups is 2. The average molecular weight is 301 g/mol. The van der Waals surface area contributed by atoms with Gasteiger partial charge in [0.1, 0.15) is 0 Å². The SMILES string of the molecule is O=C(N[C@H]1CCC[C@H]1C(=O)O)c1cccc(C(F)(F)F)c1. The van der Waals surface area contributed by atoms with Crippen LogP contribution in [-0.4, -0.2) is 23.0 Å². The lowest BCUT2D eigenvalue weighted by Gasteiger charge is -2.18. The van der Waals surface area contributed by atoms with E-state index in [2.05, 4.69) is 5.32 Å². The van der Waals surface area contributed by atoms with Crippen LogP contribution in [0.5, 0.6) is 0 Å². The molecule has 4 nitrogen and oxygen atoms in total. The van der Waals surface area contributed by atoms with Crippen LogP contribution in [0.15, 0.2) is 24.3 Å². The van der Waals surface area contributed by atoms with Gasteiger partial charge in [0.2, 0.25) is 0 Å². The van der Waals surface area contributed by atoms with Crippen molar-refractivity contribution in [2.45, 2.75) is 31.5 Å². The third-order valence-electron chi connectivity index (χ3n) is 3.60. The largest absolute Gasteiger partial charge is 0.481 e. The molecule has 2 atom stereocenters. The zero-order chi connectivity index (χ0) is 15.6. The van der Waals surface area contributed by atoms with Gasteiger partial charge >= 0.3 is 12.1 Å². The summed E-state index contributed by atoms with van der Waals surface area (Å²) >= 11 is 0. The number of nitrogens with one attached hydrogen (secondary N) is 1. The molecular weight excluding hydrogens is 287 g/mol. The summed E-state index contributed by atoms with van der Waals surface area (Å²) < 4.78 is 37.8. The van der Waals surface area contributed by atoms with E-state index in [-0.39, 0.29) is 5.56 Å². The van der Waals surface area contributed by atoms with E-state index in [0.29, 0.717) is 19.3 Å². The summed E-state index contributed by atoms with van der Waals surface area (Å²) in [7, 11) is 0. The van der Waals surface area contributed by atoms with Gasteiger partial charge in [-0.3, -0.25) is 9.59 Å². The van der Waals surface area contributed by atoms with Gasteiger partial charge < -0.3 is 10.4 Å². The van der Waals surface area contributed by atoms with Gasteiger partial charge in [-0.15, -0.1) is 0 Å². The molecule has 2 N–H and O–H groups in total. The Kier molecular flexibility index (Phi) is 4.20. The van der Waals surface area contributed by atoms with Crippen LogP contribution in [0.25, 0.3) is 0 Å². The van der Waals surface area contributed by atoms with E-state index in [0.717, 1.165) is 18.2 Å². The summed E-state index contributed by atoms with van der Waals surface area (Å²) in [4.78, 5) is 23.0. The van der Waals surface area contributed by atoms with Crippen LogP contribution in [0.3, 0.4) is 0 Å². The standard InChI is InChI=1S/C14H14F3NO3/c15-14(16,17)9-4-1-3-8(7-9)12(19)18-11-6-2-5-10(11)13(20)21/h1,3-4,7,10-11H,2,5-6H2,(H,18,19)(H,20,21)/t10-,11+/m1/s1. The molecule has 7 heteroatoms. The molecule has 0 bridgehead atoms. The fourth-order valence-electron chi connectivity index (χ4n) is 2.52. The van der Waals surface area contributed by atoms with Crippen molar-refractivity contribution in [2.24, 2.45) is 5.92 Å². The van der Waals surface area contributed by atoms with Gasteiger partial charge in [-0.25, -0.2) is 0 Å². The van der Waals surface area contributed by atoms with Crippen LogP contribution in [0.1, 0.15) is 35.2 Å². The maximum atomic E-state index is 12.6. The highest BCUT2D eigenvalue weighted by Gasteiger charge is 2.35. The predicted molar refractivity (Wildman–Crippen MR) is 67.7 cm³/mol. The molecule has 1 aliphatic carbocycles. The molecule has 0 saturated heterocycles. The Morgan fingerprint density at radius 3 is 2.57 bits per heavy atom. The first-order chi connectivity index (χ1) is 9.79. The van der Waals surface area contributed by atoms with Crippen LogP contribution in [-0.2, 0) is 11.0 Å². The normalized spacial score (nSPS) is 22.0. The Balaban J connectivity index is 2.12. The van der Waals surface area contributed by atoms with E-state index in [4.69, 9.17) is 5.11 Å². The van der Waals surface area contributed by atoms with E-state index >= 15 is 0 Å². The summed E-state index contributed by atoms with van der Waals surface area (Å²) in [5, 5.41) is 11.5. The second-order valence-corrected chi connectivity index (χ2v) is 5.03. The molecule has 2 rings (SSSR count). The van der Waals surface area contributed by atoms with Crippen molar-refractivity contribution in [3.8, 4) is 0 Å². The number of aliphatic carboxylic acids is 1. The fourth-order valence-corrected chi connectivity index (χ4v) is 2.52. The van der Waals surface area contributed by atoms with Crippen molar-refractivity contribution in [3.05, 3.63) is 35.4 Å². The molecule has 0 heterocycles. The van der Waals surface area contributed by atoms with Gasteiger partial charge in [-0.05, 0) is 31.0 Å². The van der Waals surface area contributed by atoms with Crippen LogP contribution in [0.4, 0.5) is 13.2 Å². The van der Waals surface area contributed by atoms with Crippen LogP contribution >= 0.6 is 0 Å². The van der Waals surface area contributed by atoms with Gasteiger partial charge in [-0.1, -0.05) is 12.5 Å². The Bertz CT molecular complexity index is 557. The first-order valence-corrected chi connectivity index (χ1v) is 6.50. The predicted octanol–water partition coefficient (Wildman–Crippen LogP) is 2.69. The molecule has 1 aromatic carbocycles. The first-order valence-electron chi connectivity index (χ1n) is 6.50. The minimum Gasteiger partial charge on any atom is -0.481 e. The Morgan fingerprint density at radius 2 is 1.95 bits per heavy atom. The number of carbonyl (C=O) groups excluding carboxylic acids is 1. The molecule has 0 spiro atoms. The van der Waals surface area contributed by atoms with Gasteiger partial charge in [0.15, 0.2) is 0 Å². The Morgan fingerprint density at radius 1 is 1.24 bits per heavy atom. The van der Waals surface area contributed by atoms with Crippen molar-refractivity contribution >= 4 is 11.9 Å². The maximum Gasteiger partial charge on any atom is 0.416 e. The molecule has 21 heavy (non-hydrogen) atoms. The second-order valence-electron chi connectivity index (χ2n) is 5.03. The van der Waals surface area contributed by atoms with Gasteiger partial charge in [0.25, 0.3) is 5.91 Å². The summed E-state index contributed by atoms with van der Waals surface area (Å²) in [6.07, 6.45) is -2.87. The molecule has 0 unspecified atom stereocenters. The third kappa shape index (κ3) is 3.53. The van der Waals surface area contributed by atoms with Gasteiger partial charge in [-0.2, -0.15) is 13.2 Å². The number of hydrogen-bond acceptors (Lipinski definition) is 2. The summed E-state index contributed by atoms with van der Waals surface area (Å²) in [5.74, 6) is -2.36. The summed E-state index contributed by atoms with van der Waals surface area (Å²) in [6.45, 7) is 0. The minimum absolute atomic E-state index is 0.124. The molecule has 1 aliphatic rings. The topological polar surface area (TPSA) is 66.4 Å². The number of benzene rings is 1. The molecule has 0 aromatic heterocycles. The second kappa shape index (κ2) is 5.75. The first kappa shape index (κ1) is 15.3. The van der Waals surface area contributed by atoms with E-state index in [1.54, 1.807) is 0 Å². The highest BCUT2D eigenvalue weighted by atomic mass is 19.4. The summed E-state index contributed by atoms with van der Waals surface area (Å²) in [6, 6.07) is 3.53. The van der Waals surface area contributed by atoms with Crippen molar-refractivity contribution in [1.82, 2.24) is 5.32 Å². The molecular formula is C14H14F3NO3. The number of alkyl halides is 3. The highest BCUT2D eigenvalue weighted by molar-refractivity contribution is 5.95. The van der Waals surface area contributed by atoms with Crippen molar-refractivity contribution in [3.63, 3.8) is 0 Å². The van der Waals surface area contributed by atoms with Crippen LogP contribution in [0, 0.1) is 5.92 Å². The number of carboxylic acids is 1. The van der Waals surface area contributed by atoms with Gasteiger partial charge in [0, 0.05) is 11.6 Å². The fraction of sp³-hybridized carbons (Fsp3) is 0.429. The molecule has 114 valence electrons. The molecule has 0 aliphatic heterocycles. The van der Waals surface area contributed by atoms with Crippen LogP contribution in [0.2, 0.25) is 0 Å². The highest BCUT2D eigenvalue weighted by Crippen LogP contribution is 2.30. The Labute approximate surface area is 119 Å². The summed E-state index contributed by atoms with van der Waals surface area (Å²) in [5.41, 5.74) is -1.03. The van der Waals surface area contributed by atoms with Crippen molar-refractivity contribution < 1.29 is 27.9 Å². The minimum atomic E-state index is -4.52. The number of amides is 1. The number of rotatable bonds is 3. The molecule has 0 radical (unpaired) electrons. The van der Waals surface area contributed by atoms with Crippen molar-refractivity contribution in [2.75, 3.05) is 0 Å². The van der Waals surface area contributed by atoms with Crippen molar-refractivity contribution in [1.29, 1.82) is 0 Å². The number of carboxylic acid groups (broad SMARTS) is 1. The van der Waals surface area contributed by atoms with Crippen LogP contribution < -0.4 is 5.32 Å². The zero-order valence-electron chi connectivity index (χ0n) is 11.0. The van der Waals surface area contributed by atoms with E-state index in [1.807, 2.05) is 0 Å². The number of hydrogen-bond donors (Lipinski definition) is 2. The van der Waals surface area contributed by atoms with E-state index in [1.165, 1.54) is 6.07 Å². The lowest BCUT2D eigenvalue weighted by molar-refractivity contribution is -0.142. The third-order valence-corrected chi connectivity index (χ3v) is 3.60. The lowest BCUT2D eigenvalue weighted by Crippen LogP contribution is -2.40. The smallest absolute Gasteiger partial charge is 0.416 e. The molecule has 1 fully saturated rings. The van der Waals surface area contributed by atoms with Gasteiger partial charge in [0.05, 0.1) is 11.5 Å². The Hall–Kier alpha value is -2.05. The average Bonchev–Trinajstić information content (AvgIpc) is 2.86.